The van der Waals surface area contributed by atoms with Crippen LogP contribution in [0.25, 0.3) is 21.7 Å². The molecule has 2 aliphatic rings. The Morgan fingerprint density at radius 2 is 2.00 bits per heavy atom. The van der Waals surface area contributed by atoms with Crippen molar-refractivity contribution in [1.82, 2.24) is 4.98 Å². The van der Waals surface area contributed by atoms with Crippen molar-refractivity contribution in [2.75, 3.05) is 6.61 Å². The number of aryl methyl sites for hydroxylation is 2. The minimum atomic E-state index is -0.848. The maximum Gasteiger partial charge on any atom is 0.304 e. The van der Waals surface area contributed by atoms with Crippen LogP contribution in [0.15, 0.2) is 54.0 Å². The maximum atomic E-state index is 15.2. The Morgan fingerprint density at radius 3 is 2.73 bits per heavy atom. The second kappa shape index (κ2) is 9.30. The fourth-order valence-electron chi connectivity index (χ4n) is 5.78. The smallest absolute Gasteiger partial charge is 0.304 e. The van der Waals surface area contributed by atoms with E-state index in [9.17, 15) is 4.79 Å². The SMILES string of the molecule is Cc1cc(-c2nccs2)cc(C)c1-c1ccc(F)c2c1CC[C@H]2Oc1ccc2c(c1)OCC2CC(=O)O. The van der Waals surface area contributed by atoms with E-state index in [4.69, 9.17) is 14.6 Å². The number of halogens is 1. The topological polar surface area (TPSA) is 68.7 Å². The highest BCUT2D eigenvalue weighted by atomic mass is 32.1. The molecule has 0 bridgehead atoms. The van der Waals surface area contributed by atoms with Crippen LogP contribution in [0.5, 0.6) is 11.5 Å². The molecule has 1 N–H and O–H groups in total. The Kier molecular flexibility index (Phi) is 5.95. The Balaban J connectivity index is 1.31. The minimum Gasteiger partial charge on any atom is -0.492 e. The van der Waals surface area contributed by atoms with Gasteiger partial charge in [0.05, 0.1) is 13.0 Å². The highest BCUT2D eigenvalue weighted by Crippen LogP contribution is 2.45. The van der Waals surface area contributed by atoms with E-state index < -0.39 is 12.1 Å². The second-order valence-electron chi connectivity index (χ2n) is 9.76. The van der Waals surface area contributed by atoms with E-state index in [0.717, 1.165) is 50.4 Å². The van der Waals surface area contributed by atoms with Crippen LogP contribution in [0.4, 0.5) is 4.39 Å². The first kappa shape index (κ1) is 23.7. The van der Waals surface area contributed by atoms with Crippen molar-refractivity contribution in [3.05, 3.63) is 87.7 Å². The minimum absolute atomic E-state index is 0.0286. The first-order valence-corrected chi connectivity index (χ1v) is 13.2. The third-order valence-electron chi connectivity index (χ3n) is 7.33. The predicted octanol–water partition coefficient (Wildman–Crippen LogP) is 7.25. The molecule has 2 heterocycles. The lowest BCUT2D eigenvalue weighted by Crippen LogP contribution is -2.07. The zero-order valence-electron chi connectivity index (χ0n) is 20.6. The van der Waals surface area contributed by atoms with Crippen LogP contribution < -0.4 is 9.47 Å². The first-order valence-electron chi connectivity index (χ1n) is 12.4. The van der Waals surface area contributed by atoms with Crippen LogP contribution in [-0.2, 0) is 11.2 Å². The number of ether oxygens (including phenoxy) is 2. The van der Waals surface area contributed by atoms with Crippen LogP contribution in [0.1, 0.15) is 52.7 Å². The van der Waals surface area contributed by atoms with E-state index in [2.05, 4.69) is 31.0 Å². The Morgan fingerprint density at radius 1 is 1.19 bits per heavy atom. The fraction of sp³-hybridized carbons (Fsp3) is 0.267. The van der Waals surface area contributed by atoms with Crippen LogP contribution in [0.2, 0.25) is 0 Å². The van der Waals surface area contributed by atoms with Crippen LogP contribution in [0, 0.1) is 19.7 Å². The zero-order chi connectivity index (χ0) is 25.7. The van der Waals surface area contributed by atoms with Crippen molar-refractivity contribution in [3.8, 4) is 33.2 Å². The van der Waals surface area contributed by atoms with Gasteiger partial charge in [0.2, 0.25) is 0 Å². The Bertz CT molecular complexity index is 1490. The van der Waals surface area contributed by atoms with Gasteiger partial charge in [0.25, 0.3) is 0 Å². The van der Waals surface area contributed by atoms with Gasteiger partial charge >= 0.3 is 5.97 Å². The van der Waals surface area contributed by atoms with Crippen molar-refractivity contribution in [2.45, 2.75) is 45.1 Å². The predicted molar refractivity (Wildman–Crippen MR) is 141 cm³/mol. The standard InChI is InChI=1S/C30H26FNO4S/c1-16-11-18(30-32-9-10-37-30)12-17(2)28(16)22-5-7-24(31)29-23(22)6-8-25(29)36-20-3-4-21-19(13-27(33)34)15-35-26(21)14-20/h3-5,7,9-12,14,19,25H,6,8,13,15H2,1-2H3,(H,33,34)/t19?,25-/m1/s1. The Labute approximate surface area is 218 Å². The summed E-state index contributed by atoms with van der Waals surface area (Å²) in [5, 5.41) is 12.1. The quantitative estimate of drug-likeness (QED) is 0.293. The summed E-state index contributed by atoms with van der Waals surface area (Å²) in [5.41, 5.74) is 8.04. The average molecular weight is 516 g/mol. The number of aliphatic carboxylic acids is 1. The van der Waals surface area contributed by atoms with E-state index in [-0.39, 0.29) is 18.2 Å². The lowest BCUT2D eigenvalue weighted by Gasteiger charge is -2.19. The second-order valence-corrected chi connectivity index (χ2v) is 10.7. The summed E-state index contributed by atoms with van der Waals surface area (Å²) >= 11 is 1.62. The number of rotatable bonds is 6. The average Bonchev–Trinajstić information content (AvgIpc) is 3.61. The molecule has 1 unspecified atom stereocenters. The third-order valence-corrected chi connectivity index (χ3v) is 8.15. The molecule has 0 spiro atoms. The van der Waals surface area contributed by atoms with Gasteiger partial charge in [-0.3, -0.25) is 4.79 Å². The molecule has 1 aromatic heterocycles. The van der Waals surface area contributed by atoms with Crippen molar-refractivity contribution in [3.63, 3.8) is 0 Å². The summed E-state index contributed by atoms with van der Waals surface area (Å²) in [6, 6.07) is 13.2. The van der Waals surface area contributed by atoms with Gasteiger partial charge in [0.15, 0.2) is 0 Å². The number of hydrogen-bond donors (Lipinski definition) is 1. The number of fused-ring (bicyclic) bond motifs is 2. The molecule has 2 atom stereocenters. The summed E-state index contributed by atoms with van der Waals surface area (Å²) in [4.78, 5) is 15.6. The number of thiazole rings is 1. The molecule has 0 fully saturated rings. The van der Waals surface area contributed by atoms with E-state index in [1.165, 1.54) is 0 Å². The molecular weight excluding hydrogens is 489 g/mol. The number of aromatic nitrogens is 1. The molecular formula is C30H26FNO4S. The normalized spacial score (nSPS) is 17.8. The molecule has 0 radical (unpaired) electrons. The van der Waals surface area contributed by atoms with E-state index >= 15 is 4.39 Å². The van der Waals surface area contributed by atoms with Gasteiger partial charge in [0.1, 0.15) is 28.4 Å². The van der Waals surface area contributed by atoms with Crippen LogP contribution >= 0.6 is 11.3 Å². The summed E-state index contributed by atoms with van der Waals surface area (Å²) in [5.74, 6) is -0.0312. The monoisotopic (exact) mass is 515 g/mol. The van der Waals surface area contributed by atoms with Gasteiger partial charge in [-0.1, -0.05) is 12.1 Å². The number of benzene rings is 3. The summed E-state index contributed by atoms with van der Waals surface area (Å²) in [7, 11) is 0. The summed E-state index contributed by atoms with van der Waals surface area (Å²) in [6.07, 6.45) is 2.84. The largest absolute Gasteiger partial charge is 0.492 e. The summed E-state index contributed by atoms with van der Waals surface area (Å²) in [6.45, 7) is 4.54. The maximum absolute atomic E-state index is 15.2. The van der Waals surface area contributed by atoms with E-state index in [0.29, 0.717) is 30.1 Å². The van der Waals surface area contributed by atoms with Crippen molar-refractivity contribution in [2.24, 2.45) is 0 Å². The number of hydrogen-bond acceptors (Lipinski definition) is 5. The summed E-state index contributed by atoms with van der Waals surface area (Å²) < 4.78 is 27.2. The molecule has 1 aliphatic carbocycles. The van der Waals surface area contributed by atoms with Crippen molar-refractivity contribution in [1.29, 1.82) is 0 Å². The van der Waals surface area contributed by atoms with Crippen LogP contribution in [-0.4, -0.2) is 22.7 Å². The molecule has 7 heteroatoms. The Hall–Kier alpha value is -3.71. The number of carboxylic acid groups (broad SMARTS) is 1. The van der Waals surface area contributed by atoms with Gasteiger partial charge in [-0.2, -0.15) is 0 Å². The van der Waals surface area contributed by atoms with Crippen LogP contribution in [0.3, 0.4) is 0 Å². The molecule has 37 heavy (non-hydrogen) atoms. The highest BCUT2D eigenvalue weighted by Gasteiger charge is 2.32. The van der Waals surface area contributed by atoms with Gasteiger partial charge < -0.3 is 14.6 Å². The number of carbonyl (C=O) groups is 1. The molecule has 4 aromatic rings. The van der Waals surface area contributed by atoms with Gasteiger partial charge in [0, 0.05) is 40.3 Å². The molecule has 1 aliphatic heterocycles. The van der Waals surface area contributed by atoms with E-state index in [1.807, 2.05) is 29.8 Å². The van der Waals surface area contributed by atoms with Gasteiger partial charge in [-0.15, -0.1) is 11.3 Å². The molecule has 0 saturated carbocycles. The molecule has 5 nitrogen and oxygen atoms in total. The van der Waals surface area contributed by atoms with E-state index in [1.54, 1.807) is 23.5 Å². The third kappa shape index (κ3) is 4.27. The molecule has 6 rings (SSSR count). The van der Waals surface area contributed by atoms with Gasteiger partial charge in [-0.05, 0) is 78.8 Å². The first-order chi connectivity index (χ1) is 17.9. The molecule has 0 amide bonds. The molecule has 0 saturated heterocycles. The van der Waals surface area contributed by atoms with Crippen molar-refractivity contribution >= 4 is 17.3 Å². The lowest BCUT2D eigenvalue weighted by atomic mass is 9.89. The lowest BCUT2D eigenvalue weighted by molar-refractivity contribution is -0.137. The number of nitrogens with zero attached hydrogens (tertiary/aromatic N) is 1. The number of carboxylic acids is 1. The van der Waals surface area contributed by atoms with Gasteiger partial charge in [-0.25, -0.2) is 9.37 Å². The van der Waals surface area contributed by atoms with Crippen molar-refractivity contribution < 1.29 is 23.8 Å². The molecule has 188 valence electrons. The zero-order valence-corrected chi connectivity index (χ0v) is 21.4. The molecule has 3 aromatic carbocycles. The fourth-order valence-corrected chi connectivity index (χ4v) is 6.40. The highest BCUT2D eigenvalue weighted by molar-refractivity contribution is 7.13.